The monoisotopic (exact) mass is 242 g/mol. The molecule has 0 aliphatic rings. The zero-order valence-corrected chi connectivity index (χ0v) is 12.4. The van der Waals surface area contributed by atoms with Crippen molar-refractivity contribution in [2.75, 3.05) is 6.54 Å². The second kappa shape index (κ2) is 6.39. The molecule has 0 spiro atoms. The minimum Gasteiger partial charge on any atom is -0.354 e. The Kier molecular flexibility index (Phi) is 6.17. The van der Waals surface area contributed by atoms with E-state index in [0.717, 1.165) is 19.3 Å². The van der Waals surface area contributed by atoms with Crippen molar-refractivity contribution in [1.29, 1.82) is 0 Å². The smallest absolute Gasteiger partial charge is 0.225 e. The van der Waals surface area contributed by atoms with Crippen molar-refractivity contribution in [1.82, 2.24) is 5.32 Å². The highest BCUT2D eigenvalue weighted by Crippen LogP contribution is 2.25. The highest BCUT2D eigenvalue weighted by atomic mass is 16.2. The SMILES string of the molecule is CCC(N)(CC)CNC(=O)C(C)(C)CC(C)C. The summed E-state index contributed by atoms with van der Waals surface area (Å²) in [6, 6.07) is 0. The van der Waals surface area contributed by atoms with Crippen LogP contribution in [0.4, 0.5) is 0 Å². The predicted molar refractivity (Wildman–Crippen MR) is 73.7 cm³/mol. The van der Waals surface area contributed by atoms with Crippen molar-refractivity contribution >= 4 is 5.91 Å². The topological polar surface area (TPSA) is 55.1 Å². The third-order valence-corrected chi connectivity index (χ3v) is 3.54. The van der Waals surface area contributed by atoms with E-state index in [1.54, 1.807) is 0 Å². The molecule has 0 bridgehead atoms. The molecule has 17 heavy (non-hydrogen) atoms. The van der Waals surface area contributed by atoms with Gasteiger partial charge in [0, 0.05) is 17.5 Å². The Morgan fingerprint density at radius 1 is 1.24 bits per heavy atom. The molecule has 3 nitrogen and oxygen atoms in total. The third-order valence-electron chi connectivity index (χ3n) is 3.54. The Bertz CT molecular complexity index is 243. The molecule has 0 aromatic rings. The Morgan fingerprint density at radius 3 is 2.06 bits per heavy atom. The fraction of sp³-hybridized carbons (Fsp3) is 0.929. The van der Waals surface area contributed by atoms with Gasteiger partial charge in [0.1, 0.15) is 0 Å². The maximum absolute atomic E-state index is 12.1. The minimum absolute atomic E-state index is 0.114. The number of carbonyl (C=O) groups is 1. The van der Waals surface area contributed by atoms with Crippen LogP contribution in [0.2, 0.25) is 0 Å². The van der Waals surface area contributed by atoms with E-state index in [4.69, 9.17) is 5.73 Å². The molecule has 0 fully saturated rings. The molecule has 0 saturated heterocycles. The molecule has 0 heterocycles. The molecule has 0 unspecified atom stereocenters. The van der Waals surface area contributed by atoms with Gasteiger partial charge in [0.15, 0.2) is 0 Å². The van der Waals surface area contributed by atoms with Crippen molar-refractivity contribution in [3.05, 3.63) is 0 Å². The lowest BCUT2D eigenvalue weighted by Crippen LogP contribution is -2.51. The Balaban J connectivity index is 4.35. The Hall–Kier alpha value is -0.570. The van der Waals surface area contributed by atoms with Crippen LogP contribution in [0.25, 0.3) is 0 Å². The van der Waals surface area contributed by atoms with Crippen molar-refractivity contribution in [2.24, 2.45) is 17.1 Å². The first-order valence-electron chi connectivity index (χ1n) is 6.74. The van der Waals surface area contributed by atoms with Crippen molar-refractivity contribution < 1.29 is 4.79 Å². The van der Waals surface area contributed by atoms with E-state index in [9.17, 15) is 4.79 Å². The first-order valence-corrected chi connectivity index (χ1v) is 6.74. The lowest BCUT2D eigenvalue weighted by atomic mass is 9.82. The van der Waals surface area contributed by atoms with Crippen LogP contribution in [0, 0.1) is 11.3 Å². The molecule has 0 radical (unpaired) electrons. The number of hydrogen-bond acceptors (Lipinski definition) is 2. The summed E-state index contributed by atoms with van der Waals surface area (Å²) >= 11 is 0. The maximum atomic E-state index is 12.1. The minimum atomic E-state index is -0.309. The standard InChI is InChI=1S/C14H30N2O/c1-7-14(15,8-2)10-16-12(17)13(5,6)9-11(3)4/h11H,7-10,15H2,1-6H3,(H,16,17). The molecule has 3 N–H and O–H groups in total. The number of carbonyl (C=O) groups excluding carboxylic acids is 1. The van der Waals surface area contributed by atoms with Gasteiger partial charge in [0.2, 0.25) is 5.91 Å². The summed E-state index contributed by atoms with van der Waals surface area (Å²) < 4.78 is 0. The fourth-order valence-corrected chi connectivity index (χ4v) is 2.11. The maximum Gasteiger partial charge on any atom is 0.225 e. The molecule has 3 heteroatoms. The van der Waals surface area contributed by atoms with E-state index in [1.807, 2.05) is 13.8 Å². The number of rotatable bonds is 7. The Labute approximate surface area is 107 Å². The van der Waals surface area contributed by atoms with E-state index in [2.05, 4.69) is 33.0 Å². The molecular weight excluding hydrogens is 212 g/mol. The van der Waals surface area contributed by atoms with Gasteiger partial charge in [-0.15, -0.1) is 0 Å². The van der Waals surface area contributed by atoms with Gasteiger partial charge in [-0.2, -0.15) is 0 Å². The van der Waals surface area contributed by atoms with Gasteiger partial charge in [0.05, 0.1) is 0 Å². The second-order valence-electron chi connectivity index (χ2n) is 6.23. The first kappa shape index (κ1) is 16.4. The molecule has 0 atom stereocenters. The zero-order chi connectivity index (χ0) is 13.7. The molecule has 0 saturated carbocycles. The van der Waals surface area contributed by atoms with E-state index >= 15 is 0 Å². The average molecular weight is 242 g/mol. The van der Waals surface area contributed by atoms with Crippen LogP contribution in [0.1, 0.15) is 60.8 Å². The summed E-state index contributed by atoms with van der Waals surface area (Å²) in [5, 5.41) is 3.01. The van der Waals surface area contributed by atoms with Gasteiger partial charge in [-0.05, 0) is 25.2 Å². The molecule has 102 valence electrons. The van der Waals surface area contributed by atoms with Gasteiger partial charge in [-0.1, -0.05) is 41.5 Å². The number of nitrogens with two attached hydrogens (primary N) is 1. The molecule has 0 aliphatic carbocycles. The Morgan fingerprint density at radius 2 is 1.71 bits per heavy atom. The van der Waals surface area contributed by atoms with Crippen LogP contribution in [-0.2, 0) is 4.79 Å². The number of nitrogens with one attached hydrogen (secondary N) is 1. The van der Waals surface area contributed by atoms with Gasteiger partial charge in [-0.3, -0.25) is 4.79 Å². The molecule has 1 amide bonds. The molecule has 0 aliphatic heterocycles. The molecule has 0 rings (SSSR count). The summed E-state index contributed by atoms with van der Waals surface area (Å²) in [6.45, 7) is 13.0. The van der Waals surface area contributed by atoms with Crippen LogP contribution >= 0.6 is 0 Å². The van der Waals surface area contributed by atoms with E-state index < -0.39 is 0 Å². The summed E-state index contributed by atoms with van der Waals surface area (Å²) in [4.78, 5) is 12.1. The van der Waals surface area contributed by atoms with E-state index in [0.29, 0.717) is 12.5 Å². The first-order chi connectivity index (χ1) is 7.67. The number of amides is 1. The summed E-state index contributed by atoms with van der Waals surface area (Å²) in [5.74, 6) is 0.638. The summed E-state index contributed by atoms with van der Waals surface area (Å²) in [5.41, 5.74) is 5.61. The summed E-state index contributed by atoms with van der Waals surface area (Å²) in [7, 11) is 0. The van der Waals surface area contributed by atoms with Gasteiger partial charge in [0.25, 0.3) is 0 Å². The highest BCUT2D eigenvalue weighted by molar-refractivity contribution is 5.81. The quantitative estimate of drug-likeness (QED) is 0.721. The number of hydrogen-bond donors (Lipinski definition) is 2. The molecule has 0 aromatic heterocycles. The van der Waals surface area contributed by atoms with Crippen LogP contribution in [0.3, 0.4) is 0 Å². The second-order valence-corrected chi connectivity index (χ2v) is 6.23. The fourth-order valence-electron chi connectivity index (χ4n) is 2.11. The van der Waals surface area contributed by atoms with Crippen LogP contribution in [-0.4, -0.2) is 18.0 Å². The zero-order valence-electron chi connectivity index (χ0n) is 12.4. The predicted octanol–water partition coefficient (Wildman–Crippen LogP) is 2.69. The van der Waals surface area contributed by atoms with Crippen LogP contribution in [0.5, 0.6) is 0 Å². The van der Waals surface area contributed by atoms with Gasteiger partial charge in [-0.25, -0.2) is 0 Å². The van der Waals surface area contributed by atoms with Crippen LogP contribution in [0.15, 0.2) is 0 Å². The van der Waals surface area contributed by atoms with Crippen LogP contribution < -0.4 is 11.1 Å². The third kappa shape index (κ3) is 5.53. The normalized spacial score (nSPS) is 12.9. The van der Waals surface area contributed by atoms with Gasteiger partial charge < -0.3 is 11.1 Å². The molecule has 0 aromatic carbocycles. The van der Waals surface area contributed by atoms with Gasteiger partial charge >= 0.3 is 0 Å². The highest BCUT2D eigenvalue weighted by Gasteiger charge is 2.30. The van der Waals surface area contributed by atoms with Crippen molar-refractivity contribution in [2.45, 2.75) is 66.3 Å². The largest absolute Gasteiger partial charge is 0.354 e. The lowest BCUT2D eigenvalue weighted by molar-refractivity contribution is -0.130. The average Bonchev–Trinajstić information content (AvgIpc) is 2.23. The van der Waals surface area contributed by atoms with E-state index in [1.165, 1.54) is 0 Å². The van der Waals surface area contributed by atoms with Crippen molar-refractivity contribution in [3.8, 4) is 0 Å². The van der Waals surface area contributed by atoms with Crippen molar-refractivity contribution in [3.63, 3.8) is 0 Å². The molecular formula is C14H30N2O. The van der Waals surface area contributed by atoms with E-state index in [-0.39, 0.29) is 16.9 Å². The lowest BCUT2D eigenvalue weighted by Gasteiger charge is -2.31. The summed E-state index contributed by atoms with van der Waals surface area (Å²) in [6.07, 6.45) is 2.66.